The lowest BCUT2D eigenvalue weighted by atomic mass is 10.1. The van der Waals surface area contributed by atoms with E-state index < -0.39 is 0 Å². The topological polar surface area (TPSA) is 70.2 Å². The van der Waals surface area contributed by atoms with Crippen LogP contribution in [0.15, 0.2) is 24.3 Å². The van der Waals surface area contributed by atoms with Crippen molar-refractivity contribution in [2.45, 2.75) is 13.3 Å². The molecule has 0 radical (unpaired) electrons. The molecular formula is C12H17N3O2. The lowest BCUT2D eigenvalue weighted by Crippen LogP contribution is -2.29. The van der Waals surface area contributed by atoms with Gasteiger partial charge in [-0.25, -0.2) is 4.79 Å². The van der Waals surface area contributed by atoms with Crippen molar-refractivity contribution in [1.29, 1.82) is 0 Å². The van der Waals surface area contributed by atoms with Crippen LogP contribution in [0, 0.1) is 0 Å². The maximum absolute atomic E-state index is 11.4. The van der Waals surface area contributed by atoms with Gasteiger partial charge in [-0.15, -0.1) is 0 Å². The lowest BCUT2D eigenvalue weighted by molar-refractivity contribution is -0.119. The van der Waals surface area contributed by atoms with E-state index in [9.17, 15) is 9.59 Å². The number of hydrogen-bond acceptors (Lipinski definition) is 2. The van der Waals surface area contributed by atoms with E-state index in [0.29, 0.717) is 12.2 Å². The maximum Gasteiger partial charge on any atom is 0.319 e. The molecule has 1 aromatic rings. The summed E-state index contributed by atoms with van der Waals surface area (Å²) in [5.74, 6) is -0.0878. The number of benzene rings is 1. The highest BCUT2D eigenvalue weighted by Gasteiger charge is 2.08. The molecule has 92 valence electrons. The first-order valence-corrected chi connectivity index (χ1v) is 5.50. The lowest BCUT2D eigenvalue weighted by Gasteiger charge is -2.10. The Hall–Kier alpha value is -2.04. The molecule has 0 saturated heterocycles. The molecule has 5 heteroatoms. The Balaban J connectivity index is 2.77. The Labute approximate surface area is 101 Å². The summed E-state index contributed by atoms with van der Waals surface area (Å²) in [7, 11) is 1.59. The first-order valence-electron chi connectivity index (χ1n) is 5.50. The van der Waals surface area contributed by atoms with Crippen molar-refractivity contribution < 1.29 is 9.59 Å². The second-order valence-electron chi connectivity index (χ2n) is 3.49. The van der Waals surface area contributed by atoms with Crippen LogP contribution in [-0.4, -0.2) is 25.5 Å². The summed E-state index contributed by atoms with van der Waals surface area (Å²) in [6.45, 7) is 2.40. The van der Waals surface area contributed by atoms with Crippen molar-refractivity contribution in [3.63, 3.8) is 0 Å². The largest absolute Gasteiger partial charge is 0.359 e. The highest BCUT2D eigenvalue weighted by molar-refractivity contribution is 5.91. The number of likely N-dealkylation sites (N-methyl/N-ethyl adjacent to an activating group) is 1. The van der Waals surface area contributed by atoms with Crippen LogP contribution in [0.5, 0.6) is 0 Å². The molecule has 0 unspecified atom stereocenters. The van der Waals surface area contributed by atoms with Crippen molar-refractivity contribution in [1.82, 2.24) is 10.6 Å². The maximum atomic E-state index is 11.4. The van der Waals surface area contributed by atoms with Crippen molar-refractivity contribution >= 4 is 17.6 Å². The van der Waals surface area contributed by atoms with Gasteiger partial charge in [-0.1, -0.05) is 18.2 Å². The number of anilines is 1. The van der Waals surface area contributed by atoms with Gasteiger partial charge in [0.1, 0.15) is 0 Å². The van der Waals surface area contributed by atoms with E-state index in [1.165, 1.54) is 0 Å². The third kappa shape index (κ3) is 4.14. The fourth-order valence-electron chi connectivity index (χ4n) is 1.38. The van der Waals surface area contributed by atoms with Gasteiger partial charge in [0.15, 0.2) is 0 Å². The minimum atomic E-state index is -0.267. The summed E-state index contributed by atoms with van der Waals surface area (Å²) >= 11 is 0. The molecule has 0 spiro atoms. The van der Waals surface area contributed by atoms with E-state index in [1.54, 1.807) is 13.1 Å². The van der Waals surface area contributed by atoms with E-state index in [4.69, 9.17) is 0 Å². The molecule has 5 nitrogen and oxygen atoms in total. The van der Waals surface area contributed by atoms with Crippen LogP contribution in [0.3, 0.4) is 0 Å². The van der Waals surface area contributed by atoms with Crippen molar-refractivity contribution in [2.75, 3.05) is 18.9 Å². The molecule has 0 saturated carbocycles. The zero-order valence-electron chi connectivity index (χ0n) is 10.0. The summed E-state index contributed by atoms with van der Waals surface area (Å²) in [6, 6.07) is 6.97. The SMILES string of the molecule is CCNC(=O)Nc1ccccc1CC(=O)NC. The van der Waals surface area contributed by atoms with Crippen LogP contribution in [0.25, 0.3) is 0 Å². The molecule has 0 fully saturated rings. The van der Waals surface area contributed by atoms with Gasteiger partial charge in [0.2, 0.25) is 5.91 Å². The quantitative estimate of drug-likeness (QED) is 0.731. The van der Waals surface area contributed by atoms with Gasteiger partial charge in [0.05, 0.1) is 6.42 Å². The third-order valence-electron chi connectivity index (χ3n) is 2.23. The van der Waals surface area contributed by atoms with Crippen LogP contribution in [0.2, 0.25) is 0 Å². The monoisotopic (exact) mass is 235 g/mol. The Kier molecular flexibility index (Phi) is 5.00. The smallest absolute Gasteiger partial charge is 0.319 e. The van der Waals surface area contributed by atoms with E-state index in [2.05, 4.69) is 16.0 Å². The number of hydrogen-bond donors (Lipinski definition) is 3. The van der Waals surface area contributed by atoms with E-state index in [-0.39, 0.29) is 18.4 Å². The number of carbonyl (C=O) groups excluding carboxylic acids is 2. The molecule has 17 heavy (non-hydrogen) atoms. The normalized spacial score (nSPS) is 9.53. The Morgan fingerprint density at radius 2 is 1.94 bits per heavy atom. The highest BCUT2D eigenvalue weighted by atomic mass is 16.2. The molecule has 3 amide bonds. The molecule has 0 aromatic heterocycles. The van der Waals surface area contributed by atoms with Crippen molar-refractivity contribution in [2.24, 2.45) is 0 Å². The summed E-state index contributed by atoms with van der Waals surface area (Å²) < 4.78 is 0. The first-order chi connectivity index (χ1) is 8.17. The van der Waals surface area contributed by atoms with Gasteiger partial charge >= 0.3 is 6.03 Å². The molecule has 0 bridgehead atoms. The Morgan fingerprint density at radius 3 is 2.59 bits per heavy atom. The fraction of sp³-hybridized carbons (Fsp3) is 0.333. The van der Waals surface area contributed by atoms with Gasteiger partial charge in [0.25, 0.3) is 0 Å². The van der Waals surface area contributed by atoms with Crippen LogP contribution < -0.4 is 16.0 Å². The van der Waals surface area contributed by atoms with Gasteiger partial charge in [0, 0.05) is 19.3 Å². The molecule has 0 heterocycles. The number of amides is 3. The minimum absolute atomic E-state index is 0.0878. The van der Waals surface area contributed by atoms with Gasteiger partial charge in [-0.05, 0) is 18.6 Å². The Bertz CT molecular complexity index is 404. The van der Waals surface area contributed by atoms with E-state index in [1.807, 2.05) is 25.1 Å². The Morgan fingerprint density at radius 1 is 1.24 bits per heavy atom. The predicted molar refractivity (Wildman–Crippen MR) is 66.9 cm³/mol. The predicted octanol–water partition coefficient (Wildman–Crippen LogP) is 1.12. The molecule has 1 aromatic carbocycles. The minimum Gasteiger partial charge on any atom is -0.359 e. The highest BCUT2D eigenvalue weighted by Crippen LogP contribution is 2.15. The van der Waals surface area contributed by atoms with E-state index >= 15 is 0 Å². The molecular weight excluding hydrogens is 218 g/mol. The standard InChI is InChI=1S/C12H17N3O2/c1-3-14-12(17)15-10-7-5-4-6-9(10)8-11(16)13-2/h4-7H,3,8H2,1-2H3,(H,13,16)(H2,14,15,17). The number of rotatable bonds is 4. The molecule has 3 N–H and O–H groups in total. The number of para-hydroxylation sites is 1. The summed E-state index contributed by atoms with van der Waals surface area (Å²) in [5, 5.41) is 7.90. The van der Waals surface area contributed by atoms with Gasteiger partial charge in [-0.3, -0.25) is 4.79 Å². The average Bonchev–Trinajstić information content (AvgIpc) is 2.31. The van der Waals surface area contributed by atoms with Crippen LogP contribution in [-0.2, 0) is 11.2 Å². The first kappa shape index (κ1) is 13.0. The fourth-order valence-corrected chi connectivity index (χ4v) is 1.38. The molecule has 0 aliphatic carbocycles. The zero-order valence-corrected chi connectivity index (χ0v) is 10.0. The number of carbonyl (C=O) groups is 2. The number of urea groups is 1. The number of nitrogens with one attached hydrogen (secondary N) is 3. The second kappa shape index (κ2) is 6.52. The van der Waals surface area contributed by atoms with Crippen LogP contribution in [0.4, 0.5) is 10.5 Å². The molecule has 0 atom stereocenters. The summed E-state index contributed by atoms with van der Waals surface area (Å²) in [6.07, 6.45) is 0.249. The molecule has 0 aliphatic heterocycles. The van der Waals surface area contributed by atoms with Crippen LogP contribution in [0.1, 0.15) is 12.5 Å². The molecule has 0 aliphatic rings. The summed E-state index contributed by atoms with van der Waals surface area (Å²) in [5.41, 5.74) is 1.44. The average molecular weight is 235 g/mol. The molecule has 1 rings (SSSR count). The van der Waals surface area contributed by atoms with Crippen LogP contribution >= 0.6 is 0 Å². The van der Waals surface area contributed by atoms with Gasteiger partial charge < -0.3 is 16.0 Å². The van der Waals surface area contributed by atoms with E-state index in [0.717, 1.165) is 5.56 Å². The third-order valence-corrected chi connectivity index (χ3v) is 2.23. The van der Waals surface area contributed by atoms with Gasteiger partial charge in [-0.2, -0.15) is 0 Å². The summed E-state index contributed by atoms with van der Waals surface area (Å²) in [4.78, 5) is 22.7. The zero-order chi connectivity index (χ0) is 12.7. The second-order valence-corrected chi connectivity index (χ2v) is 3.49. The van der Waals surface area contributed by atoms with Crippen molar-refractivity contribution in [3.8, 4) is 0 Å². The van der Waals surface area contributed by atoms with Crippen molar-refractivity contribution in [3.05, 3.63) is 29.8 Å².